The molecular formula is C58H36N2OS. The molecule has 290 valence electrons. The Kier molecular flexibility index (Phi) is 7.78. The molecule has 0 amide bonds. The summed E-state index contributed by atoms with van der Waals surface area (Å²) in [6, 6.07) is 79.1. The summed E-state index contributed by atoms with van der Waals surface area (Å²) in [6.45, 7) is 0. The van der Waals surface area contributed by atoms with E-state index in [0.29, 0.717) is 0 Å². The van der Waals surface area contributed by atoms with Gasteiger partial charge in [-0.2, -0.15) is 0 Å². The van der Waals surface area contributed by atoms with Crippen LogP contribution in [0.3, 0.4) is 0 Å². The topological polar surface area (TPSA) is 21.3 Å². The molecule has 13 rings (SSSR count). The number of aromatic nitrogens is 1. The molecule has 0 unspecified atom stereocenters. The van der Waals surface area contributed by atoms with Crippen molar-refractivity contribution in [1.82, 2.24) is 4.57 Å². The summed E-state index contributed by atoms with van der Waals surface area (Å²) in [5, 5.41) is 9.61. The summed E-state index contributed by atoms with van der Waals surface area (Å²) in [5.41, 5.74) is 13.0. The van der Waals surface area contributed by atoms with E-state index in [2.05, 4.69) is 228 Å². The Morgan fingerprint density at radius 3 is 1.95 bits per heavy atom. The minimum Gasteiger partial charge on any atom is -0.455 e. The number of fused-ring (bicyclic) bond motifs is 10. The molecule has 3 heterocycles. The van der Waals surface area contributed by atoms with Crippen molar-refractivity contribution in [1.29, 1.82) is 0 Å². The molecule has 0 aliphatic carbocycles. The van der Waals surface area contributed by atoms with Gasteiger partial charge in [-0.3, -0.25) is 0 Å². The fourth-order valence-electron chi connectivity index (χ4n) is 9.83. The first kappa shape index (κ1) is 34.9. The molecule has 0 atom stereocenters. The Labute approximate surface area is 361 Å². The lowest BCUT2D eigenvalue weighted by atomic mass is 9.97. The summed E-state index contributed by atoms with van der Waals surface area (Å²) >= 11 is 1.84. The quantitative estimate of drug-likeness (QED) is 0.167. The summed E-state index contributed by atoms with van der Waals surface area (Å²) in [4.78, 5) is 2.46. The first-order valence-corrected chi connectivity index (χ1v) is 21.9. The van der Waals surface area contributed by atoms with Crippen molar-refractivity contribution in [2.75, 3.05) is 4.90 Å². The van der Waals surface area contributed by atoms with E-state index in [0.717, 1.165) is 61.3 Å². The molecule has 0 aliphatic rings. The van der Waals surface area contributed by atoms with E-state index in [4.69, 9.17) is 4.42 Å². The van der Waals surface area contributed by atoms with E-state index in [1.807, 2.05) is 11.3 Å². The fraction of sp³-hybridized carbons (Fsp3) is 0. The lowest BCUT2D eigenvalue weighted by Gasteiger charge is -2.28. The summed E-state index contributed by atoms with van der Waals surface area (Å²) in [7, 11) is 0. The molecule has 0 fully saturated rings. The van der Waals surface area contributed by atoms with Gasteiger partial charge in [0, 0.05) is 53.3 Å². The second-order valence-corrected chi connectivity index (χ2v) is 17.1. The second kappa shape index (κ2) is 13.8. The minimum atomic E-state index is 0.865. The zero-order valence-electron chi connectivity index (χ0n) is 33.5. The highest BCUT2D eigenvalue weighted by atomic mass is 32.1. The van der Waals surface area contributed by atoms with Gasteiger partial charge in [-0.15, -0.1) is 11.3 Å². The predicted octanol–water partition coefficient (Wildman–Crippen LogP) is 17.0. The summed E-state index contributed by atoms with van der Waals surface area (Å²) in [6.07, 6.45) is 0. The van der Waals surface area contributed by atoms with Crippen molar-refractivity contribution < 1.29 is 4.42 Å². The molecule has 0 saturated heterocycles. The van der Waals surface area contributed by atoms with E-state index in [9.17, 15) is 0 Å². The van der Waals surface area contributed by atoms with E-state index < -0.39 is 0 Å². The fourth-order valence-corrected chi connectivity index (χ4v) is 11.0. The second-order valence-electron chi connectivity index (χ2n) is 16.0. The molecule has 0 saturated carbocycles. The van der Waals surface area contributed by atoms with Crippen LogP contribution < -0.4 is 4.90 Å². The van der Waals surface area contributed by atoms with Crippen LogP contribution in [0.5, 0.6) is 0 Å². The number of anilines is 3. The first-order chi connectivity index (χ1) is 30.8. The number of rotatable bonds is 6. The van der Waals surface area contributed by atoms with Crippen molar-refractivity contribution in [3.63, 3.8) is 0 Å². The van der Waals surface area contributed by atoms with Gasteiger partial charge in [0.05, 0.1) is 27.8 Å². The lowest BCUT2D eigenvalue weighted by molar-refractivity contribution is 0.670. The van der Waals surface area contributed by atoms with Gasteiger partial charge in [-0.25, -0.2) is 0 Å². The van der Waals surface area contributed by atoms with E-state index >= 15 is 0 Å². The third-order valence-electron chi connectivity index (χ3n) is 12.6. The molecule has 0 bridgehead atoms. The number of nitrogens with zero attached hydrogens (tertiary/aromatic N) is 2. The van der Waals surface area contributed by atoms with E-state index in [1.165, 1.54) is 58.4 Å². The van der Waals surface area contributed by atoms with Crippen LogP contribution in [0.25, 0.3) is 103 Å². The van der Waals surface area contributed by atoms with Gasteiger partial charge in [0.15, 0.2) is 0 Å². The zero-order chi connectivity index (χ0) is 40.7. The van der Waals surface area contributed by atoms with Crippen LogP contribution in [0.2, 0.25) is 0 Å². The normalized spacial score (nSPS) is 11.9. The summed E-state index contributed by atoms with van der Waals surface area (Å²) in [5.74, 6) is 0. The maximum atomic E-state index is 6.98. The third-order valence-corrected chi connectivity index (χ3v) is 13.7. The maximum Gasteiger partial charge on any atom is 0.145 e. The van der Waals surface area contributed by atoms with Crippen LogP contribution in [0.4, 0.5) is 17.1 Å². The number of thiophene rings is 1. The molecule has 0 N–H and O–H groups in total. The Hall–Kier alpha value is -7.92. The molecule has 62 heavy (non-hydrogen) atoms. The smallest absolute Gasteiger partial charge is 0.145 e. The van der Waals surface area contributed by atoms with Crippen LogP contribution in [0, 0.1) is 0 Å². The van der Waals surface area contributed by atoms with Gasteiger partial charge in [-0.1, -0.05) is 146 Å². The van der Waals surface area contributed by atoms with Crippen LogP contribution in [0.15, 0.2) is 223 Å². The standard InChI is InChI=1S/C58H36N2OS/c1-2-16-40(17-3-1)59-49-23-9-6-20-47(49)56-50(59)24-13-25-51(56)60(41-31-28-38(29-32-41)43-22-12-15-37-14-4-5-18-42(37)43)52-35-34-44(58-57(52)48-21-7-10-26-53(48)61-58)39-30-33-46-45-19-8-11-27-54(45)62-55(46)36-39/h1-36H. The average molecular weight is 809 g/mol. The number of furan rings is 1. The highest BCUT2D eigenvalue weighted by Gasteiger charge is 2.26. The molecular weight excluding hydrogens is 773 g/mol. The van der Waals surface area contributed by atoms with Crippen molar-refractivity contribution in [3.8, 4) is 27.9 Å². The van der Waals surface area contributed by atoms with Gasteiger partial charge < -0.3 is 13.9 Å². The van der Waals surface area contributed by atoms with Crippen LogP contribution in [-0.4, -0.2) is 4.57 Å². The molecule has 10 aromatic carbocycles. The lowest BCUT2D eigenvalue weighted by Crippen LogP contribution is -2.11. The Balaban J connectivity index is 1.09. The number of hydrogen-bond donors (Lipinski definition) is 0. The van der Waals surface area contributed by atoms with Crippen LogP contribution in [-0.2, 0) is 0 Å². The first-order valence-electron chi connectivity index (χ1n) is 21.1. The van der Waals surface area contributed by atoms with Gasteiger partial charge in [0.25, 0.3) is 0 Å². The molecule has 0 aliphatic heterocycles. The maximum absolute atomic E-state index is 6.98. The van der Waals surface area contributed by atoms with Gasteiger partial charge in [0.2, 0.25) is 0 Å². The Bertz CT molecular complexity index is 3870. The number of hydrogen-bond acceptors (Lipinski definition) is 3. The van der Waals surface area contributed by atoms with E-state index in [1.54, 1.807) is 0 Å². The number of benzene rings is 10. The average Bonchev–Trinajstić information content (AvgIpc) is 4.02. The molecule has 4 heteroatoms. The molecule has 0 radical (unpaired) electrons. The van der Waals surface area contributed by atoms with Gasteiger partial charge in [0.1, 0.15) is 11.2 Å². The molecule has 0 spiro atoms. The third kappa shape index (κ3) is 5.30. The van der Waals surface area contributed by atoms with Crippen molar-refractivity contribution in [2.45, 2.75) is 0 Å². The Morgan fingerprint density at radius 2 is 1.06 bits per heavy atom. The number of para-hydroxylation sites is 3. The zero-order valence-corrected chi connectivity index (χ0v) is 34.3. The van der Waals surface area contributed by atoms with Crippen molar-refractivity contribution in [3.05, 3.63) is 218 Å². The van der Waals surface area contributed by atoms with Crippen molar-refractivity contribution in [2.24, 2.45) is 0 Å². The minimum absolute atomic E-state index is 0.865. The van der Waals surface area contributed by atoms with Crippen molar-refractivity contribution >= 4 is 103 Å². The highest BCUT2D eigenvalue weighted by Crippen LogP contribution is 2.50. The predicted molar refractivity (Wildman–Crippen MR) is 264 cm³/mol. The molecule has 3 nitrogen and oxygen atoms in total. The van der Waals surface area contributed by atoms with Gasteiger partial charge >= 0.3 is 0 Å². The molecule has 13 aromatic rings. The van der Waals surface area contributed by atoms with Crippen LogP contribution in [0.1, 0.15) is 0 Å². The van der Waals surface area contributed by atoms with Crippen LogP contribution >= 0.6 is 11.3 Å². The van der Waals surface area contributed by atoms with Gasteiger partial charge in [-0.05, 0) is 100 Å². The molecule has 3 aromatic heterocycles. The Morgan fingerprint density at radius 1 is 0.403 bits per heavy atom. The highest BCUT2D eigenvalue weighted by molar-refractivity contribution is 7.25. The largest absolute Gasteiger partial charge is 0.455 e. The SMILES string of the molecule is c1ccc(-n2c3ccccc3c3c(N(c4ccc(-c5cccc6ccccc56)cc4)c4ccc(-c5ccc6c(c5)sc5ccccc56)c5oc6ccccc6c45)cccc32)cc1. The monoisotopic (exact) mass is 808 g/mol. The summed E-state index contributed by atoms with van der Waals surface area (Å²) < 4.78 is 11.9. The van der Waals surface area contributed by atoms with E-state index in [-0.39, 0.29) is 0 Å².